The van der Waals surface area contributed by atoms with Crippen LogP contribution in [-0.4, -0.2) is 4.98 Å². The van der Waals surface area contributed by atoms with Crippen LogP contribution in [0.3, 0.4) is 0 Å². The lowest BCUT2D eigenvalue weighted by molar-refractivity contribution is -0.137. The van der Waals surface area contributed by atoms with Crippen molar-refractivity contribution in [3.05, 3.63) is 28.8 Å². The monoisotopic (exact) mass is 251 g/mol. The molecule has 80 valence electrons. The summed E-state index contributed by atoms with van der Waals surface area (Å²) in [6.07, 6.45) is -4.31. The summed E-state index contributed by atoms with van der Waals surface area (Å²) in [5, 5.41) is 0.631. The summed E-state index contributed by atoms with van der Waals surface area (Å²) in [4.78, 5) is 4.07. The molecule has 6 heteroatoms. The van der Waals surface area contributed by atoms with Crippen molar-refractivity contribution in [1.29, 1.82) is 0 Å². The number of nitrogens with zero attached hydrogens (tertiary/aromatic N) is 1. The summed E-state index contributed by atoms with van der Waals surface area (Å²) >= 11 is 6.74. The summed E-state index contributed by atoms with van der Waals surface area (Å²) in [6.45, 7) is 0. The second-order valence-corrected chi connectivity index (χ2v) is 4.30. The third kappa shape index (κ3) is 2.08. The van der Waals surface area contributed by atoms with Gasteiger partial charge in [-0.1, -0.05) is 0 Å². The van der Waals surface area contributed by atoms with E-state index in [9.17, 15) is 13.2 Å². The van der Waals surface area contributed by atoms with Crippen molar-refractivity contribution in [1.82, 2.24) is 4.98 Å². The second-order valence-electron chi connectivity index (χ2n) is 2.92. The molecule has 0 aliphatic heterocycles. The molecular formula is C9H5ClF3NS. The van der Waals surface area contributed by atoms with E-state index in [-0.39, 0.29) is 5.88 Å². The Morgan fingerprint density at radius 2 is 2.07 bits per heavy atom. The van der Waals surface area contributed by atoms with Crippen LogP contribution in [-0.2, 0) is 12.1 Å². The Balaban J connectivity index is 2.55. The zero-order valence-electron chi connectivity index (χ0n) is 7.31. The zero-order valence-corrected chi connectivity index (χ0v) is 8.88. The molecule has 0 aliphatic carbocycles. The van der Waals surface area contributed by atoms with Gasteiger partial charge in [0.1, 0.15) is 5.01 Å². The van der Waals surface area contributed by atoms with Gasteiger partial charge in [0, 0.05) is 0 Å². The highest BCUT2D eigenvalue weighted by atomic mass is 35.5. The molecule has 0 amide bonds. The highest BCUT2D eigenvalue weighted by Crippen LogP contribution is 2.33. The van der Waals surface area contributed by atoms with E-state index >= 15 is 0 Å². The van der Waals surface area contributed by atoms with Crippen molar-refractivity contribution in [3.63, 3.8) is 0 Å². The fourth-order valence-corrected chi connectivity index (χ4v) is 2.29. The largest absolute Gasteiger partial charge is 0.416 e. The lowest BCUT2D eigenvalue weighted by Crippen LogP contribution is -2.03. The number of hydrogen-bond donors (Lipinski definition) is 0. The van der Waals surface area contributed by atoms with E-state index in [2.05, 4.69) is 4.98 Å². The molecular weight excluding hydrogens is 247 g/mol. The fraction of sp³-hybridized carbons (Fsp3) is 0.222. The number of benzene rings is 1. The lowest BCUT2D eigenvalue weighted by atomic mass is 10.2. The van der Waals surface area contributed by atoms with Gasteiger partial charge in [0.15, 0.2) is 0 Å². The lowest BCUT2D eigenvalue weighted by Gasteiger charge is -2.04. The molecule has 0 bridgehead atoms. The Kier molecular flexibility index (Phi) is 2.60. The van der Waals surface area contributed by atoms with E-state index in [1.165, 1.54) is 17.4 Å². The first-order chi connectivity index (χ1) is 7.00. The number of rotatable bonds is 1. The SMILES string of the molecule is FC(F)(F)c1ccc2nc(CCl)sc2c1. The molecule has 15 heavy (non-hydrogen) atoms. The van der Waals surface area contributed by atoms with Crippen LogP contribution in [0, 0.1) is 0 Å². The Bertz CT molecular complexity index is 492. The third-order valence-electron chi connectivity index (χ3n) is 1.87. The average molecular weight is 252 g/mol. The highest BCUT2D eigenvalue weighted by molar-refractivity contribution is 7.18. The average Bonchev–Trinajstić information content (AvgIpc) is 2.57. The minimum Gasteiger partial charge on any atom is -0.240 e. The molecule has 1 aromatic carbocycles. The van der Waals surface area contributed by atoms with Crippen LogP contribution in [0.4, 0.5) is 13.2 Å². The molecule has 0 aliphatic rings. The van der Waals surface area contributed by atoms with Crippen molar-refractivity contribution >= 4 is 33.2 Å². The van der Waals surface area contributed by atoms with E-state index in [1.54, 1.807) is 0 Å². The molecule has 0 radical (unpaired) electrons. The fourth-order valence-electron chi connectivity index (χ4n) is 1.21. The molecule has 1 aromatic heterocycles. The predicted molar refractivity (Wildman–Crippen MR) is 54.2 cm³/mol. The molecule has 0 spiro atoms. The van der Waals surface area contributed by atoms with E-state index in [4.69, 9.17) is 11.6 Å². The summed E-state index contributed by atoms with van der Waals surface area (Å²) in [7, 11) is 0. The Hall–Kier alpha value is -0.810. The normalized spacial score (nSPS) is 12.3. The van der Waals surface area contributed by atoms with E-state index in [0.29, 0.717) is 15.2 Å². The quantitative estimate of drug-likeness (QED) is 0.697. The molecule has 0 unspecified atom stereocenters. The standard InChI is InChI=1S/C9H5ClF3NS/c10-4-8-14-6-2-1-5(9(11,12)13)3-7(6)15-8/h1-3H,4H2. The minimum absolute atomic E-state index is 0.223. The topological polar surface area (TPSA) is 12.9 Å². The molecule has 0 N–H and O–H groups in total. The number of thiazole rings is 1. The summed E-state index contributed by atoms with van der Waals surface area (Å²) < 4.78 is 37.6. The number of aromatic nitrogens is 1. The zero-order chi connectivity index (χ0) is 11.1. The van der Waals surface area contributed by atoms with Crippen LogP contribution in [0.5, 0.6) is 0 Å². The number of halogens is 4. The second kappa shape index (κ2) is 3.64. The van der Waals surface area contributed by atoms with Gasteiger partial charge in [-0.3, -0.25) is 0 Å². The Morgan fingerprint density at radius 3 is 2.67 bits per heavy atom. The third-order valence-corrected chi connectivity index (χ3v) is 3.30. The van der Waals surface area contributed by atoms with Crippen molar-refractivity contribution < 1.29 is 13.2 Å². The van der Waals surface area contributed by atoms with Crippen LogP contribution in [0.25, 0.3) is 10.2 Å². The van der Waals surface area contributed by atoms with Gasteiger partial charge in [0.05, 0.1) is 21.7 Å². The first kappa shape index (κ1) is 10.7. The van der Waals surface area contributed by atoms with Crippen LogP contribution in [0.15, 0.2) is 18.2 Å². The predicted octanol–water partition coefficient (Wildman–Crippen LogP) is 4.05. The van der Waals surface area contributed by atoms with Gasteiger partial charge >= 0.3 is 6.18 Å². The van der Waals surface area contributed by atoms with Gasteiger partial charge in [0.2, 0.25) is 0 Å². The molecule has 0 saturated carbocycles. The maximum atomic E-state index is 12.4. The first-order valence-corrected chi connectivity index (χ1v) is 5.38. The van der Waals surface area contributed by atoms with Gasteiger partial charge in [-0.15, -0.1) is 22.9 Å². The van der Waals surface area contributed by atoms with Crippen LogP contribution < -0.4 is 0 Å². The molecule has 1 nitrogen and oxygen atoms in total. The van der Waals surface area contributed by atoms with Gasteiger partial charge < -0.3 is 0 Å². The molecule has 2 rings (SSSR count). The summed E-state index contributed by atoms with van der Waals surface area (Å²) in [5.41, 5.74) is -0.0941. The van der Waals surface area contributed by atoms with Crippen LogP contribution >= 0.6 is 22.9 Å². The van der Waals surface area contributed by atoms with Crippen molar-refractivity contribution in [2.75, 3.05) is 0 Å². The van der Waals surface area contributed by atoms with Crippen molar-refractivity contribution in [2.45, 2.75) is 12.1 Å². The Labute approximate surface area is 92.5 Å². The maximum Gasteiger partial charge on any atom is 0.416 e. The van der Waals surface area contributed by atoms with E-state index in [1.807, 2.05) is 0 Å². The van der Waals surface area contributed by atoms with Gasteiger partial charge in [-0.2, -0.15) is 13.2 Å². The Morgan fingerprint density at radius 1 is 1.33 bits per heavy atom. The van der Waals surface area contributed by atoms with Gasteiger partial charge in [-0.25, -0.2) is 4.98 Å². The van der Waals surface area contributed by atoms with Crippen molar-refractivity contribution in [3.8, 4) is 0 Å². The maximum absolute atomic E-state index is 12.4. The van der Waals surface area contributed by atoms with E-state index < -0.39 is 11.7 Å². The van der Waals surface area contributed by atoms with Gasteiger partial charge in [0.25, 0.3) is 0 Å². The van der Waals surface area contributed by atoms with Crippen LogP contribution in [0.1, 0.15) is 10.6 Å². The van der Waals surface area contributed by atoms with Gasteiger partial charge in [-0.05, 0) is 18.2 Å². The number of fused-ring (bicyclic) bond motifs is 1. The molecule has 2 aromatic rings. The summed E-state index contributed by atoms with van der Waals surface area (Å²) in [5.74, 6) is 0.223. The van der Waals surface area contributed by atoms with Crippen molar-refractivity contribution in [2.24, 2.45) is 0 Å². The highest BCUT2D eigenvalue weighted by Gasteiger charge is 2.30. The summed E-state index contributed by atoms with van der Waals surface area (Å²) in [6, 6.07) is 3.49. The number of alkyl halides is 4. The molecule has 0 saturated heterocycles. The molecule has 0 fully saturated rings. The smallest absolute Gasteiger partial charge is 0.240 e. The molecule has 0 atom stereocenters. The first-order valence-electron chi connectivity index (χ1n) is 4.03. The van der Waals surface area contributed by atoms with Crippen LogP contribution in [0.2, 0.25) is 0 Å². The molecule has 1 heterocycles. The minimum atomic E-state index is -4.31. The van der Waals surface area contributed by atoms with E-state index in [0.717, 1.165) is 12.1 Å². The number of hydrogen-bond acceptors (Lipinski definition) is 2.